The van der Waals surface area contributed by atoms with Gasteiger partial charge in [0.05, 0.1) is 0 Å². The van der Waals surface area contributed by atoms with Crippen LogP contribution in [0.2, 0.25) is 0 Å². The van der Waals surface area contributed by atoms with E-state index in [0.29, 0.717) is 6.04 Å². The maximum Gasteiger partial charge on any atom is 0.149 e. The Labute approximate surface area is 101 Å². The third kappa shape index (κ3) is 5.54. The Hall–Kier alpha value is -0.0600. The second kappa shape index (κ2) is 8.13. The molecule has 0 saturated carbocycles. The minimum atomic E-state index is 0.642. The average Bonchev–Trinajstić information content (AvgIpc) is 2.75. The van der Waals surface area contributed by atoms with Crippen molar-refractivity contribution in [1.29, 1.82) is 0 Å². The summed E-state index contributed by atoms with van der Waals surface area (Å²) in [6.45, 7) is 5.59. The lowest BCUT2D eigenvalue weighted by Gasteiger charge is -2.16. The van der Waals surface area contributed by atoms with Gasteiger partial charge < -0.3 is 5.32 Å². The van der Waals surface area contributed by atoms with E-state index < -0.39 is 0 Å². The van der Waals surface area contributed by atoms with Crippen LogP contribution in [0.25, 0.3) is 0 Å². The minimum Gasteiger partial charge on any atom is -0.313 e. The van der Waals surface area contributed by atoms with Crippen molar-refractivity contribution in [1.82, 2.24) is 10.3 Å². The second-order valence-electron chi connectivity index (χ2n) is 3.55. The first kappa shape index (κ1) is 13.0. The van der Waals surface area contributed by atoms with Crippen LogP contribution in [-0.2, 0) is 0 Å². The lowest BCUT2D eigenvalue weighted by molar-refractivity contribution is 0.514. The minimum absolute atomic E-state index is 0.642. The van der Waals surface area contributed by atoms with Crippen LogP contribution in [0.5, 0.6) is 0 Å². The monoisotopic (exact) mass is 244 g/mol. The van der Waals surface area contributed by atoms with Crippen LogP contribution in [0.15, 0.2) is 15.9 Å². The number of thioether (sulfide) groups is 1. The predicted octanol–water partition coefficient (Wildman–Crippen LogP) is 3.40. The van der Waals surface area contributed by atoms with E-state index in [1.54, 1.807) is 11.3 Å². The van der Waals surface area contributed by atoms with Crippen LogP contribution >= 0.6 is 23.1 Å². The highest BCUT2D eigenvalue weighted by molar-refractivity contribution is 8.01. The van der Waals surface area contributed by atoms with Crippen molar-refractivity contribution in [2.45, 2.75) is 43.5 Å². The normalized spacial score (nSPS) is 12.9. The number of thiazole rings is 1. The molecule has 1 N–H and O–H groups in total. The Bertz CT molecular complexity index is 237. The van der Waals surface area contributed by atoms with Crippen LogP contribution in [0.4, 0.5) is 0 Å². The van der Waals surface area contributed by atoms with E-state index in [1.165, 1.54) is 23.6 Å². The summed E-state index contributed by atoms with van der Waals surface area (Å²) < 4.78 is 1.19. The molecule has 0 radical (unpaired) electrons. The summed E-state index contributed by atoms with van der Waals surface area (Å²) in [6.07, 6.45) is 5.60. The van der Waals surface area contributed by atoms with Gasteiger partial charge in [-0.25, -0.2) is 4.98 Å². The topological polar surface area (TPSA) is 24.9 Å². The molecule has 15 heavy (non-hydrogen) atoms. The Morgan fingerprint density at radius 1 is 1.47 bits per heavy atom. The summed E-state index contributed by atoms with van der Waals surface area (Å²) in [4.78, 5) is 4.28. The number of aromatic nitrogens is 1. The maximum absolute atomic E-state index is 4.28. The van der Waals surface area contributed by atoms with Gasteiger partial charge in [0.25, 0.3) is 0 Å². The molecule has 1 aromatic heterocycles. The van der Waals surface area contributed by atoms with E-state index in [-0.39, 0.29) is 0 Å². The van der Waals surface area contributed by atoms with Gasteiger partial charge in [0.2, 0.25) is 0 Å². The Morgan fingerprint density at radius 2 is 2.33 bits per heavy atom. The van der Waals surface area contributed by atoms with Gasteiger partial charge in [0, 0.05) is 23.4 Å². The van der Waals surface area contributed by atoms with Crippen molar-refractivity contribution in [3.05, 3.63) is 11.6 Å². The summed E-state index contributed by atoms with van der Waals surface area (Å²) in [5.41, 5.74) is 0. The van der Waals surface area contributed by atoms with Gasteiger partial charge in [0.1, 0.15) is 4.34 Å². The fraction of sp³-hybridized carbons (Fsp3) is 0.727. The van der Waals surface area contributed by atoms with Gasteiger partial charge in [0.15, 0.2) is 0 Å². The molecule has 1 rings (SSSR count). The Kier molecular flexibility index (Phi) is 7.05. The Balaban J connectivity index is 2.24. The number of nitrogens with one attached hydrogen (secondary N) is 1. The quantitative estimate of drug-likeness (QED) is 0.709. The van der Waals surface area contributed by atoms with Crippen LogP contribution < -0.4 is 5.32 Å². The molecule has 1 atom stereocenters. The van der Waals surface area contributed by atoms with Gasteiger partial charge in [-0.2, -0.15) is 0 Å². The molecule has 0 amide bonds. The molecule has 0 aromatic carbocycles. The first-order valence-corrected chi connectivity index (χ1v) is 7.49. The zero-order valence-electron chi connectivity index (χ0n) is 9.53. The van der Waals surface area contributed by atoms with Crippen molar-refractivity contribution in [3.63, 3.8) is 0 Å². The van der Waals surface area contributed by atoms with Crippen molar-refractivity contribution in [3.8, 4) is 0 Å². The highest BCUT2D eigenvalue weighted by Crippen LogP contribution is 2.21. The fourth-order valence-corrected chi connectivity index (χ4v) is 3.16. The maximum atomic E-state index is 4.28. The number of hydrogen-bond donors (Lipinski definition) is 1. The zero-order valence-corrected chi connectivity index (χ0v) is 11.2. The molecule has 0 saturated heterocycles. The van der Waals surface area contributed by atoms with Crippen molar-refractivity contribution in [2.24, 2.45) is 0 Å². The molecule has 1 heterocycles. The van der Waals surface area contributed by atoms with E-state index in [4.69, 9.17) is 0 Å². The first-order valence-electron chi connectivity index (χ1n) is 5.62. The SMILES string of the molecule is CCCNC(CCC)CSc1nccs1. The summed E-state index contributed by atoms with van der Waals surface area (Å²) in [5.74, 6) is 1.14. The summed E-state index contributed by atoms with van der Waals surface area (Å²) in [5, 5.41) is 5.63. The van der Waals surface area contributed by atoms with Crippen molar-refractivity contribution < 1.29 is 0 Å². The molecule has 1 aromatic rings. The van der Waals surface area contributed by atoms with Gasteiger partial charge in [-0.3, -0.25) is 0 Å². The zero-order chi connectivity index (χ0) is 10.9. The van der Waals surface area contributed by atoms with Gasteiger partial charge in [-0.05, 0) is 19.4 Å². The fourth-order valence-electron chi connectivity index (χ4n) is 1.39. The summed E-state index contributed by atoms with van der Waals surface area (Å²) in [6, 6.07) is 0.642. The highest BCUT2D eigenvalue weighted by atomic mass is 32.2. The lowest BCUT2D eigenvalue weighted by Crippen LogP contribution is -2.31. The summed E-state index contributed by atoms with van der Waals surface area (Å²) in [7, 11) is 0. The molecular formula is C11H20N2S2. The largest absolute Gasteiger partial charge is 0.313 e. The number of hydrogen-bond acceptors (Lipinski definition) is 4. The van der Waals surface area contributed by atoms with Crippen LogP contribution in [0.1, 0.15) is 33.1 Å². The molecule has 0 aliphatic heterocycles. The first-order chi connectivity index (χ1) is 7.36. The standard InChI is InChI=1S/C11H20N2S2/c1-3-5-10(12-6-4-2)9-15-11-13-7-8-14-11/h7-8,10,12H,3-6,9H2,1-2H3. The van der Waals surface area contributed by atoms with Crippen LogP contribution in [0.3, 0.4) is 0 Å². The predicted molar refractivity (Wildman–Crippen MR) is 69.8 cm³/mol. The second-order valence-corrected chi connectivity index (χ2v) is 5.71. The third-order valence-corrected chi connectivity index (χ3v) is 4.27. The number of nitrogens with zero attached hydrogens (tertiary/aromatic N) is 1. The van der Waals surface area contributed by atoms with Crippen molar-refractivity contribution >= 4 is 23.1 Å². The molecule has 0 bridgehead atoms. The average molecular weight is 244 g/mol. The van der Waals surface area contributed by atoms with Gasteiger partial charge in [-0.1, -0.05) is 32.0 Å². The van der Waals surface area contributed by atoms with E-state index in [0.717, 1.165) is 12.3 Å². The summed E-state index contributed by atoms with van der Waals surface area (Å²) >= 11 is 3.60. The van der Waals surface area contributed by atoms with Crippen LogP contribution in [-0.4, -0.2) is 23.3 Å². The molecule has 86 valence electrons. The molecule has 0 spiro atoms. The highest BCUT2D eigenvalue weighted by Gasteiger charge is 2.07. The smallest absolute Gasteiger partial charge is 0.149 e. The third-order valence-electron chi connectivity index (χ3n) is 2.14. The Morgan fingerprint density at radius 3 is 2.93 bits per heavy atom. The molecule has 2 nitrogen and oxygen atoms in total. The van der Waals surface area contributed by atoms with E-state index in [2.05, 4.69) is 24.1 Å². The molecule has 0 fully saturated rings. The van der Waals surface area contributed by atoms with Crippen molar-refractivity contribution in [2.75, 3.05) is 12.3 Å². The van der Waals surface area contributed by atoms with E-state index in [1.807, 2.05) is 23.3 Å². The molecular weight excluding hydrogens is 224 g/mol. The molecule has 0 aliphatic carbocycles. The van der Waals surface area contributed by atoms with E-state index >= 15 is 0 Å². The van der Waals surface area contributed by atoms with Gasteiger partial charge >= 0.3 is 0 Å². The van der Waals surface area contributed by atoms with E-state index in [9.17, 15) is 0 Å². The molecule has 0 aliphatic rings. The number of rotatable bonds is 8. The van der Waals surface area contributed by atoms with Gasteiger partial charge in [-0.15, -0.1) is 11.3 Å². The van der Waals surface area contributed by atoms with Crippen LogP contribution in [0, 0.1) is 0 Å². The lowest BCUT2D eigenvalue weighted by atomic mass is 10.2. The molecule has 1 unspecified atom stereocenters. The molecule has 4 heteroatoms.